The van der Waals surface area contributed by atoms with Crippen molar-refractivity contribution in [1.29, 1.82) is 0 Å². The molecule has 0 unspecified atom stereocenters. The number of alkyl halides is 3. The Morgan fingerprint density at radius 3 is 2.39 bits per heavy atom. The highest BCUT2D eigenvalue weighted by molar-refractivity contribution is 7.11. The molecule has 7 heteroatoms. The molecule has 1 heterocycles. The third-order valence-corrected chi connectivity index (χ3v) is 2.78. The van der Waals surface area contributed by atoms with Crippen molar-refractivity contribution in [2.45, 2.75) is 6.18 Å². The maximum Gasteiger partial charge on any atom is 0.416 e. The zero-order chi connectivity index (χ0) is 13.2. The fourth-order valence-electron chi connectivity index (χ4n) is 1.19. The molecule has 0 spiro atoms. The van der Waals surface area contributed by atoms with Crippen LogP contribution in [0.4, 0.5) is 13.2 Å². The molecule has 0 radical (unpaired) electrons. The normalized spacial score (nSPS) is 11.3. The Kier molecular flexibility index (Phi) is 3.33. The van der Waals surface area contributed by atoms with Crippen molar-refractivity contribution in [3.8, 4) is 5.75 Å². The second kappa shape index (κ2) is 4.77. The molecule has 0 aliphatic carbocycles. The second-order valence-corrected chi connectivity index (χ2v) is 4.16. The Labute approximate surface area is 104 Å². The maximum absolute atomic E-state index is 12.3. The highest BCUT2D eigenvalue weighted by Crippen LogP contribution is 2.30. The predicted octanol–water partition coefficient (Wildman–Crippen LogP) is 3.38. The van der Waals surface area contributed by atoms with Crippen molar-refractivity contribution in [3.05, 3.63) is 46.4 Å². The van der Waals surface area contributed by atoms with Crippen LogP contribution < -0.4 is 4.74 Å². The lowest BCUT2D eigenvalue weighted by Crippen LogP contribution is -2.08. The molecule has 0 saturated carbocycles. The average Bonchev–Trinajstić information content (AvgIpc) is 2.82. The van der Waals surface area contributed by atoms with Crippen molar-refractivity contribution in [1.82, 2.24) is 4.98 Å². The van der Waals surface area contributed by atoms with Crippen molar-refractivity contribution in [2.24, 2.45) is 0 Å². The van der Waals surface area contributed by atoms with Crippen LogP contribution in [0.1, 0.15) is 15.2 Å². The largest absolute Gasteiger partial charge is 0.422 e. The third-order valence-electron chi connectivity index (χ3n) is 2.03. The molecule has 2 rings (SSSR count). The summed E-state index contributed by atoms with van der Waals surface area (Å²) in [5.41, 5.74) is 0.670. The number of thiazole rings is 1. The fourth-order valence-corrected chi connectivity index (χ4v) is 1.68. The van der Waals surface area contributed by atoms with E-state index >= 15 is 0 Å². The minimum Gasteiger partial charge on any atom is -0.422 e. The number of hydrogen-bond donors (Lipinski definition) is 0. The highest BCUT2D eigenvalue weighted by Gasteiger charge is 2.30. The summed E-state index contributed by atoms with van der Waals surface area (Å²) in [6, 6.07) is 3.91. The minimum atomic E-state index is -4.40. The molecule has 0 aliphatic heterocycles. The van der Waals surface area contributed by atoms with Gasteiger partial charge in [-0.15, -0.1) is 11.3 Å². The summed E-state index contributed by atoms with van der Waals surface area (Å²) in [6.45, 7) is 0. The van der Waals surface area contributed by atoms with E-state index in [0.29, 0.717) is 0 Å². The van der Waals surface area contributed by atoms with E-state index in [0.717, 1.165) is 35.6 Å². The lowest BCUT2D eigenvalue weighted by molar-refractivity contribution is -0.137. The number of esters is 1. The van der Waals surface area contributed by atoms with Gasteiger partial charge in [-0.2, -0.15) is 13.2 Å². The molecule has 0 bridgehead atoms. The Hall–Kier alpha value is -1.89. The summed E-state index contributed by atoms with van der Waals surface area (Å²) < 4.78 is 41.8. The molecular weight excluding hydrogens is 267 g/mol. The van der Waals surface area contributed by atoms with Crippen LogP contribution in [0.5, 0.6) is 5.75 Å². The predicted molar refractivity (Wildman–Crippen MR) is 58.5 cm³/mol. The molecule has 0 atom stereocenters. The minimum absolute atomic E-state index is 0.0569. The summed E-state index contributed by atoms with van der Waals surface area (Å²) in [6.07, 6.45) is -3.07. The first-order valence-corrected chi connectivity index (χ1v) is 5.63. The van der Waals surface area contributed by atoms with Gasteiger partial charge in [-0.1, -0.05) is 0 Å². The number of benzene rings is 1. The SMILES string of the molecule is O=C(Oc1ccc(C(F)(F)F)cc1)c1cncs1. The van der Waals surface area contributed by atoms with Gasteiger partial charge in [0.1, 0.15) is 10.6 Å². The molecule has 0 aliphatic rings. The number of aromatic nitrogens is 1. The smallest absolute Gasteiger partial charge is 0.416 e. The first kappa shape index (κ1) is 12.6. The van der Waals surface area contributed by atoms with E-state index in [1.54, 1.807) is 0 Å². The zero-order valence-corrected chi connectivity index (χ0v) is 9.59. The van der Waals surface area contributed by atoms with Crippen LogP contribution in [0.25, 0.3) is 0 Å². The topological polar surface area (TPSA) is 39.2 Å². The average molecular weight is 273 g/mol. The Bertz CT molecular complexity index is 534. The summed E-state index contributed by atoms with van der Waals surface area (Å²) >= 11 is 1.09. The summed E-state index contributed by atoms with van der Waals surface area (Å²) in [7, 11) is 0. The van der Waals surface area contributed by atoms with Crippen LogP contribution in [-0.4, -0.2) is 11.0 Å². The zero-order valence-electron chi connectivity index (χ0n) is 8.77. The van der Waals surface area contributed by atoms with Crippen molar-refractivity contribution in [3.63, 3.8) is 0 Å². The van der Waals surface area contributed by atoms with Crippen LogP contribution in [0, 0.1) is 0 Å². The van der Waals surface area contributed by atoms with Gasteiger partial charge in [-0.3, -0.25) is 4.98 Å². The van der Waals surface area contributed by atoms with E-state index in [-0.39, 0.29) is 10.6 Å². The summed E-state index contributed by atoms with van der Waals surface area (Å²) in [5.74, 6) is -0.585. The summed E-state index contributed by atoms with van der Waals surface area (Å²) in [5, 5.41) is 0. The molecule has 1 aromatic heterocycles. The quantitative estimate of drug-likeness (QED) is 0.622. The van der Waals surface area contributed by atoms with E-state index in [1.807, 2.05) is 0 Å². The standard InChI is InChI=1S/C11H6F3NO2S/c12-11(13,14)7-1-3-8(4-2-7)17-10(16)9-5-15-6-18-9/h1-6H. The molecule has 0 saturated heterocycles. The molecule has 0 amide bonds. The Balaban J connectivity index is 2.09. The highest BCUT2D eigenvalue weighted by atomic mass is 32.1. The van der Waals surface area contributed by atoms with E-state index in [2.05, 4.69) is 4.98 Å². The molecule has 3 nitrogen and oxygen atoms in total. The maximum atomic E-state index is 12.3. The molecule has 94 valence electrons. The van der Waals surface area contributed by atoms with Gasteiger partial charge in [-0.25, -0.2) is 4.79 Å². The van der Waals surface area contributed by atoms with Crippen LogP contribution in [0.3, 0.4) is 0 Å². The van der Waals surface area contributed by atoms with Gasteiger partial charge in [0.15, 0.2) is 0 Å². The van der Waals surface area contributed by atoms with E-state index in [1.165, 1.54) is 11.7 Å². The lowest BCUT2D eigenvalue weighted by Gasteiger charge is -2.07. The number of carbonyl (C=O) groups excluding carboxylic acids is 1. The van der Waals surface area contributed by atoms with Crippen molar-refractivity contribution in [2.75, 3.05) is 0 Å². The van der Waals surface area contributed by atoms with Gasteiger partial charge in [0.2, 0.25) is 0 Å². The number of halogens is 3. The molecule has 0 N–H and O–H groups in total. The number of hydrogen-bond acceptors (Lipinski definition) is 4. The van der Waals surface area contributed by atoms with E-state index in [9.17, 15) is 18.0 Å². The summed E-state index contributed by atoms with van der Waals surface area (Å²) in [4.78, 5) is 15.5. The molecule has 2 aromatic rings. The monoisotopic (exact) mass is 273 g/mol. The molecule has 0 fully saturated rings. The fraction of sp³-hybridized carbons (Fsp3) is 0.0909. The number of rotatable bonds is 2. The van der Waals surface area contributed by atoms with E-state index in [4.69, 9.17) is 4.74 Å². The van der Waals surface area contributed by atoms with Gasteiger partial charge in [-0.05, 0) is 24.3 Å². The first-order valence-electron chi connectivity index (χ1n) is 4.75. The van der Waals surface area contributed by atoms with Crippen LogP contribution in [-0.2, 0) is 6.18 Å². The van der Waals surface area contributed by atoms with Gasteiger partial charge in [0.05, 0.1) is 17.3 Å². The van der Waals surface area contributed by atoms with Crippen LogP contribution in [0.15, 0.2) is 36.0 Å². The van der Waals surface area contributed by atoms with Gasteiger partial charge < -0.3 is 4.74 Å². The Morgan fingerprint density at radius 1 is 1.22 bits per heavy atom. The van der Waals surface area contributed by atoms with Crippen LogP contribution >= 0.6 is 11.3 Å². The van der Waals surface area contributed by atoms with E-state index < -0.39 is 17.7 Å². The lowest BCUT2D eigenvalue weighted by atomic mass is 10.2. The molecular formula is C11H6F3NO2S. The third kappa shape index (κ3) is 2.86. The Morgan fingerprint density at radius 2 is 1.89 bits per heavy atom. The van der Waals surface area contributed by atoms with Gasteiger partial charge >= 0.3 is 12.1 Å². The molecule has 1 aromatic carbocycles. The number of ether oxygens (including phenoxy) is 1. The number of nitrogens with zero attached hydrogens (tertiary/aromatic N) is 1. The number of carbonyl (C=O) groups is 1. The second-order valence-electron chi connectivity index (χ2n) is 3.28. The van der Waals surface area contributed by atoms with Crippen molar-refractivity contribution >= 4 is 17.3 Å². The van der Waals surface area contributed by atoms with Gasteiger partial charge in [0, 0.05) is 0 Å². The van der Waals surface area contributed by atoms with Gasteiger partial charge in [0.25, 0.3) is 0 Å². The molecule has 18 heavy (non-hydrogen) atoms. The van der Waals surface area contributed by atoms with Crippen molar-refractivity contribution < 1.29 is 22.7 Å². The first-order chi connectivity index (χ1) is 8.47. The van der Waals surface area contributed by atoms with Crippen LogP contribution in [0.2, 0.25) is 0 Å².